The third kappa shape index (κ3) is 3.96. The summed E-state index contributed by atoms with van der Waals surface area (Å²) in [6, 6.07) is 5.09. The van der Waals surface area contributed by atoms with Crippen LogP contribution < -0.4 is 4.74 Å². The first-order chi connectivity index (χ1) is 15.2. The molecule has 1 spiro atoms. The van der Waals surface area contributed by atoms with Gasteiger partial charge in [-0.3, -0.25) is 9.35 Å². The second kappa shape index (κ2) is 7.93. The number of hydrogen-bond donors (Lipinski definition) is 1. The number of alkyl halides is 4. The molecule has 2 saturated carbocycles. The molecule has 0 radical (unpaired) electrons. The monoisotopic (exact) mass is 608 g/mol. The zero-order chi connectivity index (χ0) is 24.4. The van der Waals surface area contributed by atoms with Crippen LogP contribution in [0.2, 0.25) is 0 Å². The second-order valence-corrected chi connectivity index (χ2v) is 10.9. The highest BCUT2D eigenvalue weighted by Crippen LogP contribution is 2.58. The Bertz CT molecular complexity index is 1110. The first-order valence-electron chi connectivity index (χ1n) is 9.79. The lowest BCUT2D eigenvalue weighted by Gasteiger charge is -2.41. The van der Waals surface area contributed by atoms with E-state index in [9.17, 15) is 35.6 Å². The highest BCUT2D eigenvalue weighted by molar-refractivity contribution is 14.1. The highest BCUT2D eigenvalue weighted by Gasteiger charge is 2.66. The third-order valence-electron chi connectivity index (χ3n) is 6.30. The molecule has 33 heavy (non-hydrogen) atoms. The van der Waals surface area contributed by atoms with Gasteiger partial charge in [-0.1, -0.05) is 6.07 Å². The van der Waals surface area contributed by atoms with Gasteiger partial charge in [-0.2, -0.15) is 26.0 Å². The molecule has 4 unspecified atom stereocenters. The van der Waals surface area contributed by atoms with Crippen LogP contribution >= 0.6 is 22.6 Å². The van der Waals surface area contributed by atoms with E-state index in [0.717, 1.165) is 0 Å². The van der Waals surface area contributed by atoms with Crippen molar-refractivity contribution in [1.82, 2.24) is 0 Å². The van der Waals surface area contributed by atoms with Gasteiger partial charge in [-0.25, -0.2) is 4.79 Å². The molecule has 1 aliphatic heterocycles. The molecule has 4 rings (SSSR count). The molecule has 0 amide bonds. The molecule has 2 aliphatic carbocycles. The lowest BCUT2D eigenvalue weighted by atomic mass is 9.84. The Morgan fingerprint density at radius 2 is 1.94 bits per heavy atom. The summed E-state index contributed by atoms with van der Waals surface area (Å²) in [5.74, 6) is -8.92. The molecule has 3 aliphatic rings. The van der Waals surface area contributed by atoms with Crippen LogP contribution in [0.15, 0.2) is 18.2 Å². The van der Waals surface area contributed by atoms with Crippen LogP contribution in [0, 0.1) is 21.3 Å². The van der Waals surface area contributed by atoms with Crippen LogP contribution in [0.4, 0.5) is 17.6 Å². The molecule has 0 saturated heterocycles. The van der Waals surface area contributed by atoms with Gasteiger partial charge in [0.25, 0.3) is 5.79 Å². The fourth-order valence-corrected chi connectivity index (χ4v) is 5.88. The zero-order valence-electron chi connectivity index (χ0n) is 16.6. The van der Waals surface area contributed by atoms with E-state index in [-0.39, 0.29) is 24.7 Å². The summed E-state index contributed by atoms with van der Waals surface area (Å²) in [5, 5.41) is -5.72. The number of fused-ring (bicyclic) bond motifs is 4. The van der Waals surface area contributed by atoms with Crippen LogP contribution in [-0.4, -0.2) is 48.5 Å². The van der Waals surface area contributed by atoms with Crippen molar-refractivity contribution in [1.29, 1.82) is 0 Å². The molecular weight excluding hydrogens is 591 g/mol. The summed E-state index contributed by atoms with van der Waals surface area (Å²) in [6.45, 7) is -1.17. The number of carbonyl (C=O) groups excluding carboxylic acids is 2. The highest BCUT2D eigenvalue weighted by atomic mass is 127. The molecule has 1 heterocycles. The van der Waals surface area contributed by atoms with Gasteiger partial charge in [0.15, 0.2) is 0 Å². The van der Waals surface area contributed by atoms with Crippen molar-refractivity contribution in [2.75, 3.05) is 6.61 Å². The van der Waals surface area contributed by atoms with Crippen molar-refractivity contribution in [2.24, 2.45) is 17.8 Å². The van der Waals surface area contributed by atoms with E-state index in [1.165, 1.54) is 0 Å². The fraction of sp³-hybridized carbons (Fsp3) is 0.579. The maximum absolute atomic E-state index is 13.6. The van der Waals surface area contributed by atoms with Crippen LogP contribution in [-0.2, 0) is 24.4 Å². The normalized spacial score (nSPS) is 28.9. The second-order valence-electron chi connectivity index (χ2n) is 8.27. The maximum Gasteiger partial charge on any atom is 0.431 e. The van der Waals surface area contributed by atoms with Gasteiger partial charge in [0.2, 0.25) is 0 Å². The van der Waals surface area contributed by atoms with Gasteiger partial charge in [-0.05, 0) is 53.5 Å². The Kier molecular flexibility index (Phi) is 5.88. The Hall–Kier alpha value is -1.68. The Morgan fingerprint density at radius 1 is 1.24 bits per heavy atom. The molecular formula is C19H17F4IO8S. The largest absolute Gasteiger partial charge is 0.465 e. The first kappa shape index (κ1) is 24.4. The SMILES string of the molecule is O=C1OC2(CC3CC2CC3C(=O)OCCC(F)(F)C(F)(F)S(=O)(=O)O)Oc2cccc(I)c21. The van der Waals surface area contributed by atoms with Gasteiger partial charge >= 0.3 is 33.2 Å². The van der Waals surface area contributed by atoms with E-state index in [1.54, 1.807) is 18.2 Å². The van der Waals surface area contributed by atoms with Crippen molar-refractivity contribution < 1.29 is 54.3 Å². The van der Waals surface area contributed by atoms with E-state index in [2.05, 4.69) is 0 Å². The lowest BCUT2D eigenvalue weighted by Crippen LogP contribution is -2.50. The third-order valence-corrected chi connectivity index (χ3v) is 8.15. The molecule has 14 heteroatoms. The predicted octanol–water partition coefficient (Wildman–Crippen LogP) is 3.63. The van der Waals surface area contributed by atoms with Crippen molar-refractivity contribution in [3.8, 4) is 5.75 Å². The van der Waals surface area contributed by atoms with Gasteiger partial charge in [0.1, 0.15) is 11.3 Å². The van der Waals surface area contributed by atoms with Crippen LogP contribution in [0.3, 0.4) is 0 Å². The van der Waals surface area contributed by atoms with Crippen molar-refractivity contribution >= 4 is 44.6 Å². The van der Waals surface area contributed by atoms with Crippen LogP contribution in [0.5, 0.6) is 5.75 Å². The van der Waals surface area contributed by atoms with E-state index in [1.807, 2.05) is 22.6 Å². The lowest BCUT2D eigenvalue weighted by molar-refractivity contribution is -0.194. The molecule has 1 aromatic rings. The summed E-state index contributed by atoms with van der Waals surface area (Å²) in [7, 11) is -6.36. The molecule has 2 bridgehead atoms. The van der Waals surface area contributed by atoms with Gasteiger partial charge in [0.05, 0.1) is 18.9 Å². The number of ether oxygens (including phenoxy) is 3. The van der Waals surface area contributed by atoms with Gasteiger partial charge < -0.3 is 14.2 Å². The number of rotatable bonds is 6. The van der Waals surface area contributed by atoms with E-state index >= 15 is 0 Å². The number of esters is 2. The summed E-state index contributed by atoms with van der Waals surface area (Å²) >= 11 is 1.98. The number of hydrogen-bond acceptors (Lipinski definition) is 7. The minimum Gasteiger partial charge on any atom is -0.465 e. The van der Waals surface area contributed by atoms with Gasteiger partial charge in [0, 0.05) is 15.9 Å². The topological polar surface area (TPSA) is 116 Å². The Morgan fingerprint density at radius 3 is 2.55 bits per heavy atom. The van der Waals surface area contributed by atoms with Crippen LogP contribution in [0.1, 0.15) is 36.0 Å². The number of benzene rings is 1. The van der Waals surface area contributed by atoms with E-state index in [4.69, 9.17) is 18.8 Å². The van der Waals surface area contributed by atoms with Gasteiger partial charge in [-0.15, -0.1) is 0 Å². The maximum atomic E-state index is 13.6. The number of halogens is 5. The first-order valence-corrected chi connectivity index (χ1v) is 12.3. The van der Waals surface area contributed by atoms with Crippen molar-refractivity contribution in [3.05, 3.63) is 27.3 Å². The van der Waals surface area contributed by atoms with E-state index in [0.29, 0.717) is 21.3 Å². The van der Waals surface area contributed by atoms with Crippen molar-refractivity contribution in [3.63, 3.8) is 0 Å². The quantitative estimate of drug-likeness (QED) is 0.226. The summed E-state index contributed by atoms with van der Waals surface area (Å²) in [4.78, 5) is 24.9. The molecule has 1 aromatic carbocycles. The summed E-state index contributed by atoms with van der Waals surface area (Å²) in [6.07, 6.45) is -1.01. The average molecular weight is 608 g/mol. The minimum atomic E-state index is -6.36. The summed E-state index contributed by atoms with van der Waals surface area (Å²) < 4.78 is 100.0. The Balaban J connectivity index is 1.37. The van der Waals surface area contributed by atoms with Crippen molar-refractivity contribution in [2.45, 2.75) is 42.6 Å². The molecule has 2 fully saturated rings. The number of carbonyl (C=O) groups is 2. The summed E-state index contributed by atoms with van der Waals surface area (Å²) in [5.41, 5.74) is 0.310. The molecule has 1 N–H and O–H groups in total. The fourth-order valence-electron chi connectivity index (χ4n) is 4.70. The predicted molar refractivity (Wildman–Crippen MR) is 109 cm³/mol. The smallest absolute Gasteiger partial charge is 0.431 e. The molecule has 182 valence electrons. The van der Waals surface area contributed by atoms with Crippen LogP contribution in [0.25, 0.3) is 0 Å². The average Bonchev–Trinajstić information content (AvgIpc) is 3.24. The Labute approximate surface area is 198 Å². The molecule has 8 nitrogen and oxygen atoms in total. The standard InChI is InChI=1S/C19H17F4IO8S/c20-18(21,19(22,23)33(27,28)29)4-5-30-15(25)11-7-10-6-9(11)8-17(10)31-13-3-1-2-12(24)14(13)16(26)32-17/h1-3,9-11H,4-8H2,(H,27,28,29). The van der Waals surface area contributed by atoms with E-state index < -0.39 is 58.0 Å². The minimum absolute atomic E-state index is 0.172. The molecule has 4 atom stereocenters. The molecule has 0 aromatic heterocycles. The zero-order valence-corrected chi connectivity index (χ0v) is 19.6.